The Morgan fingerprint density at radius 1 is 1.22 bits per heavy atom. The molecule has 3 aromatic rings. The molecule has 1 N–H and O–H groups in total. The number of amides is 1. The molecule has 0 spiro atoms. The quantitative estimate of drug-likeness (QED) is 0.600. The SMILES string of the molecule is COc1ccc(OC)c(NC(=O)C2CCCN(Cc3nc(-c4cccc(C)c4)no3)C2)c1. The maximum Gasteiger partial charge on any atom is 0.241 e. The Morgan fingerprint density at radius 2 is 2.09 bits per heavy atom. The fourth-order valence-corrected chi connectivity index (χ4v) is 3.97. The van der Waals surface area contributed by atoms with E-state index in [9.17, 15) is 4.79 Å². The van der Waals surface area contributed by atoms with E-state index in [2.05, 4.69) is 20.4 Å². The van der Waals surface area contributed by atoms with Crippen molar-refractivity contribution in [2.75, 3.05) is 32.6 Å². The van der Waals surface area contributed by atoms with Crippen LogP contribution in [-0.4, -0.2) is 48.3 Å². The van der Waals surface area contributed by atoms with Gasteiger partial charge in [0.15, 0.2) is 0 Å². The molecular weight excluding hydrogens is 408 g/mol. The number of nitrogens with one attached hydrogen (secondary N) is 1. The first kappa shape index (κ1) is 21.8. The van der Waals surface area contributed by atoms with Gasteiger partial charge in [0.25, 0.3) is 0 Å². The van der Waals surface area contributed by atoms with E-state index in [0.29, 0.717) is 42.0 Å². The second-order valence-electron chi connectivity index (χ2n) is 8.01. The smallest absolute Gasteiger partial charge is 0.241 e. The number of ether oxygens (including phenoxy) is 2. The zero-order valence-corrected chi connectivity index (χ0v) is 18.6. The van der Waals surface area contributed by atoms with Crippen LogP contribution in [0.15, 0.2) is 47.0 Å². The van der Waals surface area contributed by atoms with Gasteiger partial charge in [0, 0.05) is 18.2 Å². The highest BCUT2D eigenvalue weighted by Crippen LogP contribution is 2.30. The first-order valence-corrected chi connectivity index (χ1v) is 10.7. The minimum Gasteiger partial charge on any atom is -0.497 e. The molecule has 2 aromatic carbocycles. The maximum atomic E-state index is 13.0. The molecule has 1 atom stereocenters. The number of methoxy groups -OCH3 is 2. The van der Waals surface area contributed by atoms with Gasteiger partial charge in [-0.15, -0.1) is 0 Å². The van der Waals surface area contributed by atoms with Crippen LogP contribution in [0.1, 0.15) is 24.3 Å². The van der Waals surface area contributed by atoms with Gasteiger partial charge in [0.1, 0.15) is 11.5 Å². The number of rotatable bonds is 7. The number of carbonyl (C=O) groups excluding carboxylic acids is 1. The third-order valence-electron chi connectivity index (χ3n) is 5.64. The molecule has 8 nitrogen and oxygen atoms in total. The Balaban J connectivity index is 1.39. The largest absolute Gasteiger partial charge is 0.497 e. The number of nitrogens with zero attached hydrogens (tertiary/aromatic N) is 3. The molecular formula is C24H28N4O4. The first-order valence-electron chi connectivity index (χ1n) is 10.7. The molecule has 0 radical (unpaired) electrons. The lowest BCUT2D eigenvalue weighted by Crippen LogP contribution is -2.40. The normalized spacial score (nSPS) is 16.5. The van der Waals surface area contributed by atoms with Crippen LogP contribution in [0.3, 0.4) is 0 Å². The summed E-state index contributed by atoms with van der Waals surface area (Å²) in [6, 6.07) is 13.4. The molecule has 168 valence electrons. The van der Waals surface area contributed by atoms with Crippen molar-refractivity contribution in [3.63, 3.8) is 0 Å². The van der Waals surface area contributed by atoms with Gasteiger partial charge in [-0.1, -0.05) is 28.9 Å². The zero-order chi connectivity index (χ0) is 22.5. The summed E-state index contributed by atoms with van der Waals surface area (Å²) >= 11 is 0. The van der Waals surface area contributed by atoms with E-state index in [1.807, 2.05) is 31.2 Å². The fraction of sp³-hybridized carbons (Fsp3) is 0.375. The second-order valence-corrected chi connectivity index (χ2v) is 8.01. The molecule has 1 unspecified atom stereocenters. The number of hydrogen-bond donors (Lipinski definition) is 1. The van der Waals surface area contributed by atoms with Gasteiger partial charge in [0.2, 0.25) is 17.6 Å². The lowest BCUT2D eigenvalue weighted by molar-refractivity contribution is -0.121. The van der Waals surface area contributed by atoms with Crippen LogP contribution in [0.5, 0.6) is 11.5 Å². The van der Waals surface area contributed by atoms with Gasteiger partial charge in [-0.25, -0.2) is 0 Å². The Hall–Kier alpha value is -3.39. The Labute approximate surface area is 187 Å². The molecule has 8 heteroatoms. The lowest BCUT2D eigenvalue weighted by Gasteiger charge is -2.31. The average molecular weight is 437 g/mol. The van der Waals surface area contributed by atoms with Crippen molar-refractivity contribution in [2.45, 2.75) is 26.3 Å². The third-order valence-corrected chi connectivity index (χ3v) is 5.64. The number of aromatic nitrogens is 2. The molecule has 1 amide bonds. The Bertz CT molecular complexity index is 1080. The zero-order valence-electron chi connectivity index (χ0n) is 18.6. The minimum atomic E-state index is -0.140. The topological polar surface area (TPSA) is 89.7 Å². The Morgan fingerprint density at radius 3 is 2.88 bits per heavy atom. The molecule has 1 saturated heterocycles. The molecule has 0 saturated carbocycles. The van der Waals surface area contributed by atoms with E-state index >= 15 is 0 Å². The standard InChI is InChI=1S/C24H28N4O4/c1-16-6-4-7-17(12-16)23-26-22(32-27-23)15-28-11-5-8-18(14-28)24(29)25-20-13-19(30-2)9-10-21(20)31-3/h4,6-7,9-10,12-13,18H,5,8,11,14-15H2,1-3H3,(H,25,29). The van der Waals surface area contributed by atoms with Gasteiger partial charge in [-0.05, 0) is 44.5 Å². The van der Waals surface area contributed by atoms with Crippen molar-refractivity contribution in [2.24, 2.45) is 5.92 Å². The monoisotopic (exact) mass is 436 g/mol. The third kappa shape index (κ3) is 5.08. The predicted molar refractivity (Wildman–Crippen MR) is 121 cm³/mol. The summed E-state index contributed by atoms with van der Waals surface area (Å²) in [7, 11) is 3.17. The number of hydrogen-bond acceptors (Lipinski definition) is 7. The van der Waals surface area contributed by atoms with Crippen LogP contribution in [0, 0.1) is 12.8 Å². The van der Waals surface area contributed by atoms with Crippen LogP contribution >= 0.6 is 0 Å². The van der Waals surface area contributed by atoms with E-state index in [1.165, 1.54) is 0 Å². The molecule has 1 aliphatic heterocycles. The van der Waals surface area contributed by atoms with E-state index in [4.69, 9.17) is 14.0 Å². The van der Waals surface area contributed by atoms with E-state index < -0.39 is 0 Å². The molecule has 0 aliphatic carbocycles. The Kier molecular flexibility index (Phi) is 6.70. The van der Waals surface area contributed by atoms with E-state index in [-0.39, 0.29) is 11.8 Å². The predicted octanol–water partition coefficient (Wildman–Crippen LogP) is 3.91. The summed E-state index contributed by atoms with van der Waals surface area (Å²) in [5, 5.41) is 7.12. The highest BCUT2D eigenvalue weighted by molar-refractivity contribution is 5.94. The maximum absolute atomic E-state index is 13.0. The van der Waals surface area contributed by atoms with Crippen LogP contribution in [0.25, 0.3) is 11.4 Å². The number of piperidine rings is 1. The summed E-state index contributed by atoms with van der Waals surface area (Å²) in [5.74, 6) is 2.22. The average Bonchev–Trinajstić information content (AvgIpc) is 3.27. The molecule has 4 rings (SSSR count). The van der Waals surface area contributed by atoms with Gasteiger partial charge in [-0.3, -0.25) is 9.69 Å². The van der Waals surface area contributed by atoms with Crippen molar-refractivity contribution in [1.29, 1.82) is 0 Å². The lowest BCUT2D eigenvalue weighted by atomic mass is 9.97. The summed E-state index contributed by atoms with van der Waals surface area (Å²) in [6.45, 7) is 4.06. The molecule has 32 heavy (non-hydrogen) atoms. The first-order chi connectivity index (χ1) is 15.6. The highest BCUT2D eigenvalue weighted by Gasteiger charge is 2.27. The minimum absolute atomic E-state index is 0.0350. The summed E-state index contributed by atoms with van der Waals surface area (Å²) in [4.78, 5) is 19.7. The van der Waals surface area contributed by atoms with Crippen molar-refractivity contribution < 1.29 is 18.8 Å². The molecule has 2 heterocycles. The van der Waals surface area contributed by atoms with Crippen LogP contribution in [-0.2, 0) is 11.3 Å². The molecule has 0 bridgehead atoms. The number of anilines is 1. The van der Waals surface area contributed by atoms with Crippen LogP contribution in [0.4, 0.5) is 5.69 Å². The summed E-state index contributed by atoms with van der Waals surface area (Å²) in [5.41, 5.74) is 2.68. The summed E-state index contributed by atoms with van der Waals surface area (Å²) < 4.78 is 16.1. The molecule has 1 fully saturated rings. The van der Waals surface area contributed by atoms with Crippen LogP contribution < -0.4 is 14.8 Å². The van der Waals surface area contributed by atoms with Gasteiger partial charge < -0.3 is 19.3 Å². The number of aryl methyl sites for hydroxylation is 1. The van der Waals surface area contributed by atoms with Crippen molar-refractivity contribution in [3.05, 3.63) is 53.9 Å². The second kappa shape index (κ2) is 9.82. The van der Waals surface area contributed by atoms with Crippen LogP contribution in [0.2, 0.25) is 0 Å². The van der Waals surface area contributed by atoms with Gasteiger partial charge in [0.05, 0.1) is 32.4 Å². The van der Waals surface area contributed by atoms with Crippen molar-refractivity contribution in [3.8, 4) is 22.9 Å². The highest BCUT2D eigenvalue weighted by atomic mass is 16.5. The molecule has 1 aromatic heterocycles. The van der Waals surface area contributed by atoms with Gasteiger partial charge in [-0.2, -0.15) is 4.98 Å². The van der Waals surface area contributed by atoms with E-state index in [1.54, 1.807) is 32.4 Å². The number of benzene rings is 2. The van der Waals surface area contributed by atoms with Crippen molar-refractivity contribution >= 4 is 11.6 Å². The summed E-state index contributed by atoms with van der Waals surface area (Å²) in [6.07, 6.45) is 1.75. The number of carbonyl (C=O) groups is 1. The van der Waals surface area contributed by atoms with Gasteiger partial charge >= 0.3 is 0 Å². The number of likely N-dealkylation sites (tertiary alicyclic amines) is 1. The molecule has 1 aliphatic rings. The fourth-order valence-electron chi connectivity index (χ4n) is 3.97. The van der Waals surface area contributed by atoms with Crippen molar-refractivity contribution in [1.82, 2.24) is 15.0 Å². The van der Waals surface area contributed by atoms with E-state index in [0.717, 1.165) is 30.5 Å².